The first kappa shape index (κ1) is 15.4. The van der Waals surface area contributed by atoms with Gasteiger partial charge in [0.15, 0.2) is 0 Å². The third-order valence-corrected chi connectivity index (χ3v) is 3.68. The van der Waals surface area contributed by atoms with Crippen LogP contribution in [0.25, 0.3) is 0 Å². The fourth-order valence-corrected chi connectivity index (χ4v) is 2.39. The highest BCUT2D eigenvalue weighted by molar-refractivity contribution is 5.79. The van der Waals surface area contributed by atoms with E-state index < -0.39 is 0 Å². The predicted molar refractivity (Wildman–Crippen MR) is 78.0 cm³/mol. The van der Waals surface area contributed by atoms with Gasteiger partial charge in [-0.1, -0.05) is 17.7 Å². The maximum atomic E-state index is 12.0. The molecule has 5 nitrogen and oxygen atoms in total. The number of hydrogen-bond donors (Lipinski definition) is 0. The molecule has 114 valence electrons. The first-order valence-corrected chi connectivity index (χ1v) is 7.15. The molecular formula is C16H21NO4. The van der Waals surface area contributed by atoms with Crippen molar-refractivity contribution in [3.63, 3.8) is 0 Å². The first-order chi connectivity index (χ1) is 10.1. The zero-order chi connectivity index (χ0) is 15.2. The Morgan fingerprint density at radius 1 is 1.29 bits per heavy atom. The lowest BCUT2D eigenvalue weighted by atomic mass is 10.1. The van der Waals surface area contributed by atoms with E-state index in [1.807, 2.05) is 31.2 Å². The highest BCUT2D eigenvalue weighted by Gasteiger charge is 2.31. The van der Waals surface area contributed by atoms with Crippen LogP contribution in [-0.4, -0.2) is 43.6 Å². The van der Waals surface area contributed by atoms with Crippen LogP contribution >= 0.6 is 0 Å². The van der Waals surface area contributed by atoms with Gasteiger partial charge in [0.1, 0.15) is 5.75 Å². The molecule has 1 aliphatic heterocycles. The molecule has 0 saturated carbocycles. The molecule has 0 radical (unpaired) electrons. The zero-order valence-electron chi connectivity index (χ0n) is 12.5. The van der Waals surface area contributed by atoms with Crippen LogP contribution in [0, 0.1) is 12.8 Å². The Morgan fingerprint density at radius 3 is 2.67 bits per heavy atom. The van der Waals surface area contributed by atoms with Crippen molar-refractivity contribution in [3.05, 3.63) is 29.8 Å². The van der Waals surface area contributed by atoms with Crippen molar-refractivity contribution in [2.45, 2.75) is 19.8 Å². The molecule has 5 heteroatoms. The Bertz CT molecular complexity index is 498. The average Bonchev–Trinajstić information content (AvgIpc) is 2.98. The van der Waals surface area contributed by atoms with Gasteiger partial charge in [-0.3, -0.25) is 9.59 Å². The van der Waals surface area contributed by atoms with Crippen LogP contribution in [0.3, 0.4) is 0 Å². The van der Waals surface area contributed by atoms with E-state index in [0.29, 0.717) is 32.5 Å². The SMILES string of the molecule is COC(=O)C1CCN(C(=O)CCOc2ccc(C)cc2)C1. The summed E-state index contributed by atoms with van der Waals surface area (Å²) in [6, 6.07) is 7.73. The maximum absolute atomic E-state index is 12.0. The quantitative estimate of drug-likeness (QED) is 0.776. The van der Waals surface area contributed by atoms with Gasteiger partial charge in [-0.2, -0.15) is 0 Å². The Kier molecular flexibility index (Phi) is 5.20. The molecular weight excluding hydrogens is 270 g/mol. The van der Waals surface area contributed by atoms with E-state index in [4.69, 9.17) is 9.47 Å². The van der Waals surface area contributed by atoms with Gasteiger partial charge in [0.05, 0.1) is 26.1 Å². The molecule has 1 fully saturated rings. The number of amides is 1. The molecule has 0 aromatic heterocycles. The topological polar surface area (TPSA) is 55.8 Å². The van der Waals surface area contributed by atoms with Gasteiger partial charge in [-0.15, -0.1) is 0 Å². The lowest BCUT2D eigenvalue weighted by molar-refractivity contribution is -0.145. The molecule has 0 spiro atoms. The van der Waals surface area contributed by atoms with E-state index in [9.17, 15) is 9.59 Å². The minimum atomic E-state index is -0.235. The summed E-state index contributed by atoms with van der Waals surface area (Å²) in [7, 11) is 1.38. The van der Waals surface area contributed by atoms with Gasteiger partial charge in [0.25, 0.3) is 0 Å². The fourth-order valence-electron chi connectivity index (χ4n) is 2.39. The van der Waals surface area contributed by atoms with Crippen molar-refractivity contribution in [1.82, 2.24) is 4.90 Å². The Labute approximate surface area is 124 Å². The lowest BCUT2D eigenvalue weighted by Gasteiger charge is -2.16. The second kappa shape index (κ2) is 7.11. The van der Waals surface area contributed by atoms with Gasteiger partial charge < -0.3 is 14.4 Å². The lowest BCUT2D eigenvalue weighted by Crippen LogP contribution is -2.31. The molecule has 1 atom stereocenters. The van der Waals surface area contributed by atoms with Crippen molar-refractivity contribution in [2.75, 3.05) is 26.8 Å². The van der Waals surface area contributed by atoms with Crippen molar-refractivity contribution < 1.29 is 19.1 Å². The minimum absolute atomic E-state index is 0.0218. The Morgan fingerprint density at radius 2 is 2.00 bits per heavy atom. The van der Waals surface area contributed by atoms with E-state index in [1.54, 1.807) is 4.90 Å². The maximum Gasteiger partial charge on any atom is 0.310 e. The van der Waals surface area contributed by atoms with E-state index in [0.717, 1.165) is 5.75 Å². The molecule has 2 rings (SSSR count). The monoisotopic (exact) mass is 291 g/mol. The number of aryl methyl sites for hydroxylation is 1. The second-order valence-electron chi connectivity index (χ2n) is 5.26. The number of carbonyl (C=O) groups is 2. The molecule has 0 N–H and O–H groups in total. The first-order valence-electron chi connectivity index (χ1n) is 7.15. The van der Waals surface area contributed by atoms with Crippen molar-refractivity contribution in [1.29, 1.82) is 0 Å². The van der Waals surface area contributed by atoms with Crippen LogP contribution in [0.4, 0.5) is 0 Å². The largest absolute Gasteiger partial charge is 0.493 e. The Balaban J connectivity index is 1.73. The van der Waals surface area contributed by atoms with Crippen molar-refractivity contribution >= 4 is 11.9 Å². The van der Waals surface area contributed by atoms with Gasteiger partial charge in [0, 0.05) is 13.1 Å². The molecule has 21 heavy (non-hydrogen) atoms. The highest BCUT2D eigenvalue weighted by Crippen LogP contribution is 2.18. The number of carbonyl (C=O) groups excluding carboxylic acids is 2. The van der Waals surface area contributed by atoms with Crippen LogP contribution in [0.2, 0.25) is 0 Å². The van der Waals surface area contributed by atoms with Gasteiger partial charge in [-0.25, -0.2) is 0 Å². The van der Waals surface area contributed by atoms with Gasteiger partial charge in [0.2, 0.25) is 5.91 Å². The van der Waals surface area contributed by atoms with Gasteiger partial charge in [-0.05, 0) is 25.5 Å². The number of esters is 1. The summed E-state index contributed by atoms with van der Waals surface area (Å²) in [5.41, 5.74) is 1.17. The fraction of sp³-hybridized carbons (Fsp3) is 0.500. The summed E-state index contributed by atoms with van der Waals surface area (Å²) in [6.45, 7) is 3.43. The Hall–Kier alpha value is -2.04. The zero-order valence-corrected chi connectivity index (χ0v) is 12.5. The molecule has 1 saturated heterocycles. The van der Waals surface area contributed by atoms with E-state index in [2.05, 4.69) is 0 Å². The van der Waals surface area contributed by atoms with E-state index >= 15 is 0 Å². The van der Waals surface area contributed by atoms with Crippen LogP contribution in [-0.2, 0) is 14.3 Å². The minimum Gasteiger partial charge on any atom is -0.493 e. The second-order valence-corrected chi connectivity index (χ2v) is 5.26. The van der Waals surface area contributed by atoms with E-state index in [1.165, 1.54) is 12.7 Å². The summed E-state index contributed by atoms with van der Waals surface area (Å²) in [6.07, 6.45) is 0.999. The smallest absolute Gasteiger partial charge is 0.310 e. The van der Waals surface area contributed by atoms with E-state index in [-0.39, 0.29) is 17.8 Å². The van der Waals surface area contributed by atoms with Crippen molar-refractivity contribution in [3.8, 4) is 5.75 Å². The molecule has 1 amide bonds. The molecule has 1 aliphatic rings. The number of rotatable bonds is 5. The summed E-state index contributed by atoms with van der Waals surface area (Å²) in [5, 5.41) is 0. The predicted octanol–water partition coefficient (Wildman–Crippen LogP) is 1.79. The highest BCUT2D eigenvalue weighted by atomic mass is 16.5. The average molecular weight is 291 g/mol. The molecule has 1 heterocycles. The number of ether oxygens (including phenoxy) is 2. The number of likely N-dealkylation sites (tertiary alicyclic amines) is 1. The van der Waals surface area contributed by atoms with Gasteiger partial charge >= 0.3 is 5.97 Å². The van der Waals surface area contributed by atoms with Crippen molar-refractivity contribution in [2.24, 2.45) is 5.92 Å². The number of nitrogens with zero attached hydrogens (tertiary/aromatic N) is 1. The molecule has 1 aromatic rings. The number of hydrogen-bond acceptors (Lipinski definition) is 4. The molecule has 1 aromatic carbocycles. The number of methoxy groups -OCH3 is 1. The number of benzene rings is 1. The third-order valence-electron chi connectivity index (χ3n) is 3.68. The molecule has 1 unspecified atom stereocenters. The van der Waals surface area contributed by atoms with Crippen LogP contribution < -0.4 is 4.74 Å². The summed E-state index contributed by atoms with van der Waals surface area (Å²) in [5.74, 6) is 0.369. The summed E-state index contributed by atoms with van der Waals surface area (Å²) < 4.78 is 10.3. The summed E-state index contributed by atoms with van der Waals surface area (Å²) in [4.78, 5) is 25.2. The van der Waals surface area contributed by atoms with Crippen LogP contribution in [0.5, 0.6) is 5.75 Å². The van der Waals surface area contributed by atoms with Crippen LogP contribution in [0.15, 0.2) is 24.3 Å². The normalized spacial score (nSPS) is 17.6. The molecule has 0 aliphatic carbocycles. The van der Waals surface area contributed by atoms with Crippen LogP contribution in [0.1, 0.15) is 18.4 Å². The third kappa shape index (κ3) is 4.21. The molecule has 0 bridgehead atoms. The summed E-state index contributed by atoms with van der Waals surface area (Å²) >= 11 is 0. The standard InChI is InChI=1S/C16H21NO4/c1-12-3-5-14(6-4-12)21-10-8-15(18)17-9-7-13(11-17)16(19)20-2/h3-6,13H,7-11H2,1-2H3.